The van der Waals surface area contributed by atoms with E-state index in [1.54, 1.807) is 11.8 Å². The average molecular weight is 307 g/mol. The Labute approximate surface area is 127 Å². The highest BCUT2D eigenvalue weighted by atomic mass is 32.2. The predicted molar refractivity (Wildman–Crippen MR) is 84.8 cm³/mol. The Kier molecular flexibility index (Phi) is 5.14. The molecule has 6 heteroatoms. The fraction of sp³-hybridized carbons (Fsp3) is 0.357. The summed E-state index contributed by atoms with van der Waals surface area (Å²) in [6.45, 7) is 6.18. The van der Waals surface area contributed by atoms with Gasteiger partial charge in [0.1, 0.15) is 5.01 Å². The van der Waals surface area contributed by atoms with Crippen molar-refractivity contribution >= 4 is 34.1 Å². The number of carbonyl (C=O) groups is 1. The van der Waals surface area contributed by atoms with Gasteiger partial charge in [-0.3, -0.25) is 10.1 Å². The number of anilines is 1. The number of thioether (sulfide) groups is 1. The minimum Gasteiger partial charge on any atom is -0.296 e. The number of carbonyl (C=O) groups excluding carboxylic acids is 1. The first-order valence-electron chi connectivity index (χ1n) is 6.48. The van der Waals surface area contributed by atoms with Crippen molar-refractivity contribution in [3.8, 4) is 0 Å². The second-order valence-electron chi connectivity index (χ2n) is 4.48. The lowest BCUT2D eigenvalue weighted by Crippen LogP contribution is -2.12. The smallest absolute Gasteiger partial charge is 0.258 e. The highest BCUT2D eigenvalue weighted by Crippen LogP contribution is 2.25. The lowest BCUT2D eigenvalue weighted by Gasteiger charge is -2.06. The summed E-state index contributed by atoms with van der Waals surface area (Å²) in [6, 6.07) is 7.60. The number of rotatable bonds is 5. The highest BCUT2D eigenvalue weighted by molar-refractivity contribution is 7.99. The number of amides is 1. The monoisotopic (exact) mass is 307 g/mol. The summed E-state index contributed by atoms with van der Waals surface area (Å²) < 4.78 is 0. The molecule has 0 radical (unpaired) electrons. The van der Waals surface area contributed by atoms with Gasteiger partial charge in [-0.15, -0.1) is 22.0 Å². The molecule has 2 aromatic rings. The Balaban J connectivity index is 2.15. The number of hydrogen-bond donors (Lipinski definition) is 1. The van der Waals surface area contributed by atoms with E-state index in [4.69, 9.17) is 0 Å². The molecule has 0 spiro atoms. The molecule has 1 N–H and O–H groups in total. The van der Waals surface area contributed by atoms with Crippen LogP contribution in [0.25, 0.3) is 0 Å². The van der Waals surface area contributed by atoms with E-state index in [9.17, 15) is 4.79 Å². The van der Waals surface area contributed by atoms with Gasteiger partial charge in [0.05, 0.1) is 5.56 Å². The van der Waals surface area contributed by atoms with Crippen LogP contribution >= 0.6 is 23.1 Å². The summed E-state index contributed by atoms with van der Waals surface area (Å²) in [5, 5.41) is 12.4. The number of hydrogen-bond acceptors (Lipinski definition) is 5. The molecule has 0 aliphatic carbocycles. The zero-order chi connectivity index (χ0) is 14.5. The maximum Gasteiger partial charge on any atom is 0.258 e. The molecule has 0 aliphatic heterocycles. The van der Waals surface area contributed by atoms with Gasteiger partial charge in [0.15, 0.2) is 0 Å². The van der Waals surface area contributed by atoms with Crippen molar-refractivity contribution in [3.63, 3.8) is 0 Å². The van der Waals surface area contributed by atoms with E-state index in [2.05, 4.69) is 36.3 Å². The molecular weight excluding hydrogens is 290 g/mol. The minimum absolute atomic E-state index is 0.131. The van der Waals surface area contributed by atoms with Crippen LogP contribution in [0.15, 0.2) is 29.2 Å². The summed E-state index contributed by atoms with van der Waals surface area (Å²) in [7, 11) is 0. The van der Waals surface area contributed by atoms with Gasteiger partial charge in [-0.25, -0.2) is 0 Å². The van der Waals surface area contributed by atoms with E-state index in [1.165, 1.54) is 11.3 Å². The zero-order valence-corrected chi connectivity index (χ0v) is 13.3. The lowest BCUT2D eigenvalue weighted by molar-refractivity contribution is 0.102. The minimum atomic E-state index is -0.131. The standard InChI is InChI=1S/C14H17N3OS2/c1-4-19-11-8-6-5-7-10(11)12(18)15-14-17-16-13(20-14)9(2)3/h5-9H,4H2,1-3H3,(H,15,17,18). The van der Waals surface area contributed by atoms with Crippen LogP contribution in [-0.2, 0) is 0 Å². The van der Waals surface area contributed by atoms with Gasteiger partial charge in [-0.05, 0) is 17.9 Å². The SMILES string of the molecule is CCSc1ccccc1C(=O)Nc1nnc(C(C)C)s1. The van der Waals surface area contributed by atoms with Crippen LogP contribution in [0.1, 0.15) is 42.1 Å². The van der Waals surface area contributed by atoms with Crippen molar-refractivity contribution in [2.45, 2.75) is 31.6 Å². The van der Waals surface area contributed by atoms with Crippen molar-refractivity contribution in [1.82, 2.24) is 10.2 Å². The normalized spacial score (nSPS) is 10.8. The van der Waals surface area contributed by atoms with Crippen molar-refractivity contribution < 1.29 is 4.79 Å². The molecule has 0 unspecified atom stereocenters. The van der Waals surface area contributed by atoms with E-state index < -0.39 is 0 Å². The summed E-state index contributed by atoms with van der Waals surface area (Å²) in [6.07, 6.45) is 0. The average Bonchev–Trinajstić information content (AvgIpc) is 2.88. The number of benzene rings is 1. The molecular formula is C14H17N3OS2. The fourth-order valence-electron chi connectivity index (χ4n) is 1.62. The predicted octanol–water partition coefficient (Wildman–Crippen LogP) is 4.03. The van der Waals surface area contributed by atoms with Gasteiger partial charge in [0.2, 0.25) is 5.13 Å². The van der Waals surface area contributed by atoms with Gasteiger partial charge >= 0.3 is 0 Å². The summed E-state index contributed by atoms with van der Waals surface area (Å²) in [5.41, 5.74) is 0.681. The Hall–Kier alpha value is -1.40. The molecule has 0 fully saturated rings. The fourth-order valence-corrected chi connectivity index (χ4v) is 3.16. The number of nitrogens with one attached hydrogen (secondary N) is 1. The van der Waals surface area contributed by atoms with Crippen LogP contribution in [-0.4, -0.2) is 21.9 Å². The molecule has 0 saturated heterocycles. The van der Waals surface area contributed by atoms with Crippen molar-refractivity contribution in [2.24, 2.45) is 0 Å². The molecule has 1 heterocycles. The Morgan fingerprint density at radius 2 is 2.10 bits per heavy atom. The molecule has 20 heavy (non-hydrogen) atoms. The first-order chi connectivity index (χ1) is 9.61. The second kappa shape index (κ2) is 6.85. The highest BCUT2D eigenvalue weighted by Gasteiger charge is 2.14. The van der Waals surface area contributed by atoms with Crippen LogP contribution in [0.5, 0.6) is 0 Å². The first-order valence-corrected chi connectivity index (χ1v) is 8.28. The molecule has 2 rings (SSSR count). The molecule has 106 valence electrons. The van der Waals surface area contributed by atoms with Crippen molar-refractivity contribution in [3.05, 3.63) is 34.8 Å². The van der Waals surface area contributed by atoms with Gasteiger partial charge in [-0.2, -0.15) is 0 Å². The maximum atomic E-state index is 12.3. The molecule has 1 aromatic carbocycles. The Bertz CT molecular complexity index is 596. The van der Waals surface area contributed by atoms with Crippen LogP contribution in [0, 0.1) is 0 Å². The number of aromatic nitrogens is 2. The van der Waals surface area contributed by atoms with Crippen LogP contribution in [0.3, 0.4) is 0 Å². The summed E-state index contributed by atoms with van der Waals surface area (Å²) in [4.78, 5) is 13.3. The topological polar surface area (TPSA) is 54.9 Å². The van der Waals surface area contributed by atoms with Crippen LogP contribution in [0.2, 0.25) is 0 Å². The van der Waals surface area contributed by atoms with E-state index >= 15 is 0 Å². The van der Waals surface area contributed by atoms with E-state index in [-0.39, 0.29) is 5.91 Å². The van der Waals surface area contributed by atoms with Crippen molar-refractivity contribution in [1.29, 1.82) is 0 Å². The maximum absolute atomic E-state index is 12.3. The van der Waals surface area contributed by atoms with Crippen LogP contribution in [0.4, 0.5) is 5.13 Å². The van der Waals surface area contributed by atoms with E-state index in [0.717, 1.165) is 15.7 Å². The van der Waals surface area contributed by atoms with E-state index in [1.807, 2.05) is 24.3 Å². The lowest BCUT2D eigenvalue weighted by atomic mass is 10.2. The zero-order valence-electron chi connectivity index (χ0n) is 11.7. The number of nitrogens with zero attached hydrogens (tertiary/aromatic N) is 2. The van der Waals surface area contributed by atoms with Gasteiger partial charge in [0, 0.05) is 10.8 Å². The third-order valence-electron chi connectivity index (χ3n) is 2.59. The van der Waals surface area contributed by atoms with Gasteiger partial charge in [0.25, 0.3) is 5.91 Å². The Morgan fingerprint density at radius 3 is 2.75 bits per heavy atom. The van der Waals surface area contributed by atoms with E-state index in [0.29, 0.717) is 16.6 Å². The molecule has 4 nitrogen and oxygen atoms in total. The third kappa shape index (κ3) is 3.58. The van der Waals surface area contributed by atoms with Crippen molar-refractivity contribution in [2.75, 3.05) is 11.1 Å². The summed E-state index contributed by atoms with van der Waals surface area (Å²) >= 11 is 3.08. The molecule has 0 atom stereocenters. The Morgan fingerprint density at radius 1 is 1.35 bits per heavy atom. The second-order valence-corrected chi connectivity index (χ2v) is 6.80. The largest absolute Gasteiger partial charge is 0.296 e. The van der Waals surface area contributed by atoms with Gasteiger partial charge < -0.3 is 0 Å². The first kappa shape index (κ1) is 15.0. The molecule has 1 aromatic heterocycles. The quantitative estimate of drug-likeness (QED) is 0.847. The molecule has 0 bridgehead atoms. The third-order valence-corrected chi connectivity index (χ3v) is 4.68. The van der Waals surface area contributed by atoms with Crippen LogP contribution < -0.4 is 5.32 Å². The van der Waals surface area contributed by atoms with Gasteiger partial charge in [-0.1, -0.05) is 44.2 Å². The molecule has 0 saturated carbocycles. The molecule has 0 aliphatic rings. The molecule has 1 amide bonds. The summed E-state index contributed by atoms with van der Waals surface area (Å²) in [5.74, 6) is 1.12.